The first-order valence-corrected chi connectivity index (χ1v) is 7.87. The van der Waals surface area contributed by atoms with Gasteiger partial charge in [-0.15, -0.1) is 0 Å². The highest BCUT2D eigenvalue weighted by molar-refractivity contribution is 5.86. The first-order chi connectivity index (χ1) is 11.4. The van der Waals surface area contributed by atoms with Crippen molar-refractivity contribution in [1.82, 2.24) is 0 Å². The van der Waals surface area contributed by atoms with Gasteiger partial charge in [0.25, 0.3) is 0 Å². The Balaban J connectivity index is 1.79. The van der Waals surface area contributed by atoms with Crippen LogP contribution in [0.5, 0.6) is 0 Å². The van der Waals surface area contributed by atoms with Crippen LogP contribution in [-0.4, -0.2) is 6.54 Å². The zero-order valence-electron chi connectivity index (χ0n) is 12.8. The Bertz CT molecular complexity index is 795. The Kier molecular flexibility index (Phi) is 3.57. The Morgan fingerprint density at radius 3 is 1.70 bits per heavy atom. The molecule has 0 saturated heterocycles. The van der Waals surface area contributed by atoms with Crippen molar-refractivity contribution in [3.63, 3.8) is 0 Å². The largest absolute Gasteiger partial charge is 0.277 e. The molecule has 0 radical (unpaired) electrons. The fourth-order valence-electron chi connectivity index (χ4n) is 2.99. The Morgan fingerprint density at radius 2 is 1.09 bits per heavy atom. The molecule has 0 spiro atoms. The maximum Gasteiger partial charge on any atom is 0.0683 e. The molecule has 0 N–H and O–H groups in total. The monoisotopic (exact) mass is 298 g/mol. The number of para-hydroxylation sites is 2. The van der Waals surface area contributed by atoms with Gasteiger partial charge in [0.15, 0.2) is 0 Å². The Hall–Kier alpha value is -3.00. The fourth-order valence-corrected chi connectivity index (χ4v) is 2.99. The van der Waals surface area contributed by atoms with Crippen molar-refractivity contribution in [3.8, 4) is 0 Å². The molecule has 2 heteroatoms. The average Bonchev–Trinajstić information content (AvgIpc) is 3.09. The molecule has 2 nitrogen and oxygen atoms in total. The van der Waals surface area contributed by atoms with Crippen LogP contribution in [0.15, 0.2) is 97.1 Å². The van der Waals surface area contributed by atoms with Gasteiger partial charge < -0.3 is 0 Å². The van der Waals surface area contributed by atoms with Crippen molar-refractivity contribution in [2.24, 2.45) is 0 Å². The molecular formula is C21H18N2. The van der Waals surface area contributed by atoms with Crippen molar-refractivity contribution in [1.29, 1.82) is 0 Å². The first-order valence-electron chi connectivity index (χ1n) is 7.87. The van der Waals surface area contributed by atoms with E-state index in [1.807, 2.05) is 0 Å². The third-order valence-corrected chi connectivity index (χ3v) is 4.05. The van der Waals surface area contributed by atoms with Gasteiger partial charge in [0.05, 0.1) is 23.6 Å². The predicted molar refractivity (Wildman–Crippen MR) is 97.1 cm³/mol. The number of hydrogen-bond acceptors (Lipinski definition) is 2. The molecule has 4 rings (SSSR count). The highest BCUT2D eigenvalue weighted by Gasteiger charge is 2.26. The first kappa shape index (κ1) is 13.6. The summed E-state index contributed by atoms with van der Waals surface area (Å²) in [5, 5.41) is 4.60. The molecular weight excluding hydrogens is 280 g/mol. The zero-order valence-corrected chi connectivity index (χ0v) is 12.8. The lowest BCUT2D eigenvalue weighted by Gasteiger charge is -2.34. The second-order valence-electron chi connectivity index (χ2n) is 5.52. The topological polar surface area (TPSA) is 6.48 Å². The van der Waals surface area contributed by atoms with E-state index >= 15 is 0 Å². The molecule has 23 heavy (non-hydrogen) atoms. The maximum absolute atomic E-state index is 2.30. The van der Waals surface area contributed by atoms with E-state index in [0.717, 1.165) is 6.54 Å². The standard InChI is InChI=1S/C21H18N2/c1-4-10-18(11-5-1)21-16-17-22(19-12-6-2-7-13-19)23(21)20-14-8-3-9-15-20/h1-16H,17H2. The zero-order chi connectivity index (χ0) is 15.5. The van der Waals surface area contributed by atoms with Crippen LogP contribution in [0.3, 0.4) is 0 Å². The van der Waals surface area contributed by atoms with Gasteiger partial charge in [0.2, 0.25) is 0 Å². The third kappa shape index (κ3) is 2.59. The second-order valence-corrected chi connectivity index (χ2v) is 5.52. The highest BCUT2D eigenvalue weighted by atomic mass is 15.6. The lowest BCUT2D eigenvalue weighted by molar-refractivity contribution is 0.931. The van der Waals surface area contributed by atoms with Crippen LogP contribution < -0.4 is 10.0 Å². The number of anilines is 2. The molecule has 0 unspecified atom stereocenters. The van der Waals surface area contributed by atoms with Crippen LogP contribution in [0, 0.1) is 0 Å². The fraction of sp³-hybridized carbons (Fsp3) is 0.0476. The minimum Gasteiger partial charge on any atom is -0.277 e. The molecule has 0 fully saturated rings. The molecule has 0 amide bonds. The summed E-state index contributed by atoms with van der Waals surface area (Å²) in [4.78, 5) is 0. The van der Waals surface area contributed by atoms with Crippen LogP contribution >= 0.6 is 0 Å². The number of hydrazine groups is 1. The number of benzene rings is 3. The highest BCUT2D eigenvalue weighted by Crippen LogP contribution is 2.34. The summed E-state index contributed by atoms with van der Waals surface area (Å²) in [6.45, 7) is 0.864. The van der Waals surface area contributed by atoms with E-state index in [4.69, 9.17) is 0 Å². The summed E-state index contributed by atoms with van der Waals surface area (Å²) in [7, 11) is 0. The van der Waals surface area contributed by atoms with Gasteiger partial charge in [0, 0.05) is 0 Å². The van der Waals surface area contributed by atoms with Crippen molar-refractivity contribution >= 4 is 17.1 Å². The normalized spacial score (nSPS) is 14.0. The Labute approximate surface area is 136 Å². The molecule has 3 aromatic carbocycles. The summed E-state index contributed by atoms with van der Waals surface area (Å²) < 4.78 is 0. The van der Waals surface area contributed by atoms with Crippen molar-refractivity contribution in [2.75, 3.05) is 16.6 Å². The Morgan fingerprint density at radius 1 is 0.565 bits per heavy atom. The number of rotatable bonds is 3. The molecule has 112 valence electrons. The molecule has 1 heterocycles. The summed E-state index contributed by atoms with van der Waals surface area (Å²) in [5.74, 6) is 0. The van der Waals surface area contributed by atoms with Crippen LogP contribution in [0.2, 0.25) is 0 Å². The van der Waals surface area contributed by atoms with Gasteiger partial charge in [-0.3, -0.25) is 10.0 Å². The van der Waals surface area contributed by atoms with E-state index < -0.39 is 0 Å². The quantitative estimate of drug-likeness (QED) is 0.673. The van der Waals surface area contributed by atoms with E-state index in [1.54, 1.807) is 0 Å². The minimum absolute atomic E-state index is 0.864. The molecule has 0 aliphatic carbocycles. The predicted octanol–water partition coefficient (Wildman–Crippen LogP) is 4.97. The number of nitrogens with zero attached hydrogens (tertiary/aromatic N) is 2. The average molecular weight is 298 g/mol. The summed E-state index contributed by atoms with van der Waals surface area (Å²) in [5.41, 5.74) is 4.82. The van der Waals surface area contributed by atoms with Gasteiger partial charge in [-0.2, -0.15) is 0 Å². The van der Waals surface area contributed by atoms with E-state index in [-0.39, 0.29) is 0 Å². The van der Waals surface area contributed by atoms with Crippen molar-refractivity contribution in [2.45, 2.75) is 0 Å². The summed E-state index contributed by atoms with van der Waals surface area (Å²) >= 11 is 0. The second kappa shape index (κ2) is 6.01. The molecule has 0 atom stereocenters. The van der Waals surface area contributed by atoms with Crippen molar-refractivity contribution in [3.05, 3.63) is 103 Å². The number of hydrogen-bond donors (Lipinski definition) is 0. The molecule has 0 aromatic heterocycles. The smallest absolute Gasteiger partial charge is 0.0683 e. The van der Waals surface area contributed by atoms with Crippen LogP contribution in [-0.2, 0) is 0 Å². The minimum atomic E-state index is 0.864. The van der Waals surface area contributed by atoms with Gasteiger partial charge in [0.1, 0.15) is 0 Å². The molecule has 1 aliphatic rings. The van der Waals surface area contributed by atoms with E-state index in [2.05, 4.69) is 107 Å². The van der Waals surface area contributed by atoms with Crippen LogP contribution in [0.25, 0.3) is 5.70 Å². The van der Waals surface area contributed by atoms with E-state index in [1.165, 1.54) is 22.6 Å². The van der Waals surface area contributed by atoms with Crippen LogP contribution in [0.4, 0.5) is 11.4 Å². The van der Waals surface area contributed by atoms with Gasteiger partial charge in [-0.25, -0.2) is 0 Å². The molecule has 0 saturated carbocycles. The molecule has 1 aliphatic heterocycles. The lowest BCUT2D eigenvalue weighted by atomic mass is 10.1. The maximum atomic E-state index is 2.30. The van der Waals surface area contributed by atoms with E-state index in [9.17, 15) is 0 Å². The van der Waals surface area contributed by atoms with Crippen LogP contribution in [0.1, 0.15) is 5.56 Å². The van der Waals surface area contributed by atoms with Gasteiger partial charge in [-0.1, -0.05) is 66.7 Å². The summed E-state index contributed by atoms with van der Waals surface area (Å²) in [6.07, 6.45) is 2.29. The lowest BCUT2D eigenvalue weighted by Crippen LogP contribution is -2.37. The van der Waals surface area contributed by atoms with E-state index in [0.29, 0.717) is 0 Å². The van der Waals surface area contributed by atoms with Gasteiger partial charge in [-0.05, 0) is 35.9 Å². The summed E-state index contributed by atoms with van der Waals surface area (Å²) in [6, 6.07) is 31.6. The molecule has 0 bridgehead atoms. The van der Waals surface area contributed by atoms with Crippen molar-refractivity contribution < 1.29 is 0 Å². The third-order valence-electron chi connectivity index (χ3n) is 4.05. The van der Waals surface area contributed by atoms with Gasteiger partial charge >= 0.3 is 0 Å². The molecule has 3 aromatic rings. The SMILES string of the molecule is C1=C(c2ccccc2)N(c2ccccc2)N(c2ccccc2)C1.